The van der Waals surface area contributed by atoms with Crippen molar-refractivity contribution in [1.82, 2.24) is 14.2 Å². The van der Waals surface area contributed by atoms with Crippen LogP contribution in [0.15, 0.2) is 18.3 Å². The molecular weight excluding hydrogens is 218 g/mol. The minimum atomic E-state index is 1.04. The molecular formula is C12H19N3S. The van der Waals surface area contributed by atoms with Gasteiger partial charge in [0.25, 0.3) is 0 Å². The van der Waals surface area contributed by atoms with E-state index in [-0.39, 0.29) is 0 Å². The van der Waals surface area contributed by atoms with Crippen LogP contribution in [0.3, 0.4) is 0 Å². The van der Waals surface area contributed by atoms with Crippen molar-refractivity contribution in [2.24, 2.45) is 0 Å². The average molecular weight is 237 g/mol. The highest BCUT2D eigenvalue weighted by Crippen LogP contribution is 2.12. The highest BCUT2D eigenvalue weighted by molar-refractivity contribution is 7.96. The maximum absolute atomic E-state index is 4.33. The van der Waals surface area contributed by atoms with Crippen LogP contribution in [0.2, 0.25) is 0 Å². The van der Waals surface area contributed by atoms with Crippen LogP contribution in [0.1, 0.15) is 11.3 Å². The van der Waals surface area contributed by atoms with Crippen molar-refractivity contribution in [3.05, 3.63) is 29.6 Å². The number of pyridine rings is 1. The third kappa shape index (κ3) is 3.20. The Bertz CT molecular complexity index is 318. The largest absolute Gasteiger partial charge is 0.296 e. The molecule has 1 saturated heterocycles. The number of aryl methyl sites for hydroxylation is 1. The van der Waals surface area contributed by atoms with Crippen molar-refractivity contribution in [3.8, 4) is 0 Å². The van der Waals surface area contributed by atoms with Gasteiger partial charge in [-0.2, -0.15) is 0 Å². The van der Waals surface area contributed by atoms with Gasteiger partial charge in [-0.05, 0) is 24.8 Å². The lowest BCUT2D eigenvalue weighted by atomic mass is 10.2. The van der Waals surface area contributed by atoms with Gasteiger partial charge >= 0.3 is 0 Å². The summed E-state index contributed by atoms with van der Waals surface area (Å²) in [4.78, 5) is 6.83. The molecule has 2 heterocycles. The lowest BCUT2D eigenvalue weighted by molar-refractivity contribution is 0.189. The van der Waals surface area contributed by atoms with Gasteiger partial charge in [-0.15, -0.1) is 0 Å². The molecule has 0 aromatic carbocycles. The van der Waals surface area contributed by atoms with E-state index in [0.29, 0.717) is 0 Å². The molecule has 1 aliphatic heterocycles. The van der Waals surface area contributed by atoms with Gasteiger partial charge in [0, 0.05) is 44.6 Å². The van der Waals surface area contributed by atoms with Gasteiger partial charge in [-0.1, -0.05) is 18.0 Å². The first-order valence-electron chi connectivity index (χ1n) is 5.71. The van der Waals surface area contributed by atoms with Crippen LogP contribution in [-0.2, 0) is 6.54 Å². The Morgan fingerprint density at radius 3 is 2.56 bits per heavy atom. The van der Waals surface area contributed by atoms with Gasteiger partial charge < -0.3 is 0 Å². The summed E-state index contributed by atoms with van der Waals surface area (Å²) >= 11 is 1.85. The summed E-state index contributed by atoms with van der Waals surface area (Å²) in [6.45, 7) is 7.72. The van der Waals surface area contributed by atoms with Gasteiger partial charge in [0.15, 0.2) is 0 Å². The van der Waals surface area contributed by atoms with E-state index in [4.69, 9.17) is 0 Å². The number of hydrogen-bond donors (Lipinski definition) is 0. The number of piperazine rings is 1. The molecule has 1 fully saturated rings. The maximum Gasteiger partial charge on any atom is 0.0372 e. The third-order valence-electron chi connectivity index (χ3n) is 2.97. The summed E-state index contributed by atoms with van der Waals surface area (Å²) < 4.78 is 2.42. The van der Waals surface area contributed by atoms with Crippen LogP contribution >= 0.6 is 11.9 Å². The fourth-order valence-corrected chi connectivity index (χ4v) is 2.45. The number of hydrogen-bond acceptors (Lipinski definition) is 4. The van der Waals surface area contributed by atoms with Crippen molar-refractivity contribution in [2.45, 2.75) is 13.5 Å². The lowest BCUT2D eigenvalue weighted by Gasteiger charge is -2.33. The lowest BCUT2D eigenvalue weighted by Crippen LogP contribution is -2.42. The highest BCUT2D eigenvalue weighted by Gasteiger charge is 2.15. The first-order valence-corrected chi connectivity index (χ1v) is 6.89. The van der Waals surface area contributed by atoms with Crippen molar-refractivity contribution in [3.63, 3.8) is 0 Å². The number of rotatable bonds is 3. The summed E-state index contributed by atoms with van der Waals surface area (Å²) in [5.74, 6) is 0. The van der Waals surface area contributed by atoms with Crippen molar-refractivity contribution in [1.29, 1.82) is 0 Å². The summed E-state index contributed by atoms with van der Waals surface area (Å²) in [7, 11) is 0. The van der Waals surface area contributed by atoms with Crippen molar-refractivity contribution >= 4 is 11.9 Å². The molecule has 0 N–H and O–H groups in total. The van der Waals surface area contributed by atoms with E-state index in [9.17, 15) is 0 Å². The number of aromatic nitrogens is 1. The summed E-state index contributed by atoms with van der Waals surface area (Å²) in [6, 6.07) is 4.27. The van der Waals surface area contributed by atoms with Crippen molar-refractivity contribution in [2.75, 3.05) is 32.4 Å². The molecule has 1 aromatic rings. The third-order valence-corrected chi connectivity index (χ3v) is 3.85. The number of nitrogens with zero attached hydrogens (tertiary/aromatic N) is 3. The molecule has 1 aromatic heterocycles. The fraction of sp³-hybridized carbons (Fsp3) is 0.583. The zero-order valence-corrected chi connectivity index (χ0v) is 10.8. The molecule has 2 rings (SSSR count). The summed E-state index contributed by atoms with van der Waals surface area (Å²) in [5.41, 5.74) is 2.42. The molecule has 0 aliphatic carbocycles. The minimum Gasteiger partial charge on any atom is -0.296 e. The van der Waals surface area contributed by atoms with Gasteiger partial charge in [0.1, 0.15) is 0 Å². The Balaban J connectivity index is 1.84. The van der Waals surface area contributed by atoms with Gasteiger partial charge in [-0.3, -0.25) is 9.88 Å². The second-order valence-electron chi connectivity index (χ2n) is 4.20. The van der Waals surface area contributed by atoms with Gasteiger partial charge in [0.05, 0.1) is 0 Å². The fourth-order valence-electron chi connectivity index (χ4n) is 1.92. The van der Waals surface area contributed by atoms with Crippen LogP contribution in [-0.4, -0.2) is 46.6 Å². The van der Waals surface area contributed by atoms with E-state index in [0.717, 1.165) is 25.3 Å². The van der Waals surface area contributed by atoms with E-state index in [2.05, 4.69) is 32.6 Å². The van der Waals surface area contributed by atoms with Crippen LogP contribution in [0.4, 0.5) is 0 Å². The smallest absolute Gasteiger partial charge is 0.0372 e. The average Bonchev–Trinajstić information content (AvgIpc) is 2.33. The molecule has 3 nitrogen and oxygen atoms in total. The standard InChI is InChI=1S/C12H19N3S/c1-11-3-4-12(9-13-11)10-14-5-7-15(16-2)8-6-14/h3-4,9H,5-8,10H2,1-2H3. The summed E-state index contributed by atoms with van der Waals surface area (Å²) in [6.07, 6.45) is 4.15. The van der Waals surface area contributed by atoms with Crippen LogP contribution in [0.5, 0.6) is 0 Å². The van der Waals surface area contributed by atoms with Crippen LogP contribution < -0.4 is 0 Å². The minimum absolute atomic E-state index is 1.04. The van der Waals surface area contributed by atoms with E-state index in [1.165, 1.54) is 18.7 Å². The molecule has 1 aliphatic rings. The molecule has 0 atom stereocenters. The van der Waals surface area contributed by atoms with Gasteiger partial charge in [0.2, 0.25) is 0 Å². The Hall–Kier alpha value is -0.580. The van der Waals surface area contributed by atoms with E-state index in [1.54, 1.807) is 0 Å². The van der Waals surface area contributed by atoms with E-state index >= 15 is 0 Å². The predicted octanol–water partition coefficient (Wildman–Crippen LogP) is 1.79. The van der Waals surface area contributed by atoms with Gasteiger partial charge in [-0.25, -0.2) is 4.31 Å². The Morgan fingerprint density at radius 2 is 2.00 bits per heavy atom. The first kappa shape index (κ1) is 11.9. The molecule has 0 saturated carbocycles. The zero-order valence-electron chi connectivity index (χ0n) is 10.0. The van der Waals surface area contributed by atoms with E-state index in [1.807, 2.05) is 25.1 Å². The summed E-state index contributed by atoms with van der Waals surface area (Å²) in [5, 5.41) is 0. The quantitative estimate of drug-likeness (QED) is 0.746. The molecule has 0 spiro atoms. The normalized spacial score (nSPS) is 18.9. The maximum atomic E-state index is 4.33. The molecule has 88 valence electrons. The highest BCUT2D eigenvalue weighted by atomic mass is 32.2. The zero-order chi connectivity index (χ0) is 11.4. The SMILES string of the molecule is CSN1CCN(Cc2ccc(C)nc2)CC1. The molecule has 0 bridgehead atoms. The van der Waals surface area contributed by atoms with Crippen LogP contribution in [0, 0.1) is 6.92 Å². The molecule has 0 radical (unpaired) electrons. The molecule has 16 heavy (non-hydrogen) atoms. The predicted molar refractivity (Wildman–Crippen MR) is 69.3 cm³/mol. The first-order chi connectivity index (χ1) is 7.78. The monoisotopic (exact) mass is 237 g/mol. The Kier molecular flexibility index (Phi) is 4.21. The topological polar surface area (TPSA) is 19.4 Å². The van der Waals surface area contributed by atoms with Crippen molar-refractivity contribution < 1.29 is 0 Å². The Morgan fingerprint density at radius 1 is 1.25 bits per heavy atom. The second kappa shape index (κ2) is 5.66. The van der Waals surface area contributed by atoms with E-state index < -0.39 is 0 Å². The Labute approximate surface area is 102 Å². The van der Waals surface area contributed by atoms with Crippen LogP contribution in [0.25, 0.3) is 0 Å². The molecule has 4 heteroatoms. The molecule has 0 unspecified atom stereocenters. The second-order valence-corrected chi connectivity index (χ2v) is 5.08. The molecule has 0 amide bonds.